The predicted molar refractivity (Wildman–Crippen MR) is 93.0 cm³/mol. The zero-order chi connectivity index (χ0) is 17.6. The first-order chi connectivity index (χ1) is 10.5. The van der Waals surface area contributed by atoms with Gasteiger partial charge in [-0.15, -0.1) is 0 Å². The van der Waals surface area contributed by atoms with Crippen LogP contribution in [-0.2, 0) is 4.79 Å². The highest BCUT2D eigenvalue weighted by Gasteiger charge is 2.59. The fraction of sp³-hybridized carbons (Fsp3) is 0.950. The average Bonchev–Trinajstić information content (AvgIpc) is 2.47. The summed E-state index contributed by atoms with van der Waals surface area (Å²) in [7, 11) is 0. The second kappa shape index (κ2) is 6.15. The van der Waals surface area contributed by atoms with E-state index in [9.17, 15) is 15.0 Å². The lowest BCUT2D eigenvalue weighted by molar-refractivity contribution is -0.171. The molecule has 0 aliphatic heterocycles. The van der Waals surface area contributed by atoms with Crippen LogP contribution in [0.25, 0.3) is 0 Å². The van der Waals surface area contributed by atoms with Gasteiger partial charge in [0.2, 0.25) is 0 Å². The molecule has 0 aromatic heterocycles. The van der Waals surface area contributed by atoms with Gasteiger partial charge < -0.3 is 10.2 Å². The van der Waals surface area contributed by atoms with Crippen molar-refractivity contribution in [1.82, 2.24) is 0 Å². The Morgan fingerprint density at radius 1 is 1.26 bits per heavy atom. The SMILES string of the molecule is CCC(C)(O)CCC1(C)C(C)C(O)CC2(C)C(C)CC(=O)CC21. The molecule has 2 aliphatic rings. The molecule has 2 fully saturated rings. The Morgan fingerprint density at radius 2 is 1.87 bits per heavy atom. The van der Waals surface area contributed by atoms with Gasteiger partial charge in [-0.25, -0.2) is 0 Å². The average molecular weight is 325 g/mol. The summed E-state index contributed by atoms with van der Waals surface area (Å²) in [5.74, 6) is 1.16. The molecular weight excluding hydrogens is 288 g/mol. The van der Waals surface area contributed by atoms with Gasteiger partial charge in [-0.05, 0) is 61.2 Å². The smallest absolute Gasteiger partial charge is 0.133 e. The molecule has 3 heteroatoms. The van der Waals surface area contributed by atoms with E-state index in [0.717, 1.165) is 25.7 Å². The summed E-state index contributed by atoms with van der Waals surface area (Å²) in [5.41, 5.74) is -0.742. The zero-order valence-electron chi connectivity index (χ0n) is 15.9. The lowest BCUT2D eigenvalue weighted by Crippen LogP contribution is -2.58. The fourth-order valence-electron chi connectivity index (χ4n) is 5.29. The molecule has 134 valence electrons. The largest absolute Gasteiger partial charge is 0.393 e. The highest BCUT2D eigenvalue weighted by atomic mass is 16.3. The lowest BCUT2D eigenvalue weighted by atomic mass is 9.44. The number of aliphatic hydroxyl groups excluding tert-OH is 1. The van der Waals surface area contributed by atoms with Gasteiger partial charge in [-0.2, -0.15) is 0 Å². The molecule has 0 radical (unpaired) electrons. The van der Waals surface area contributed by atoms with E-state index >= 15 is 0 Å². The number of fused-ring (bicyclic) bond motifs is 1. The van der Waals surface area contributed by atoms with Crippen LogP contribution in [0, 0.1) is 28.6 Å². The topological polar surface area (TPSA) is 57.5 Å². The first-order valence-electron chi connectivity index (χ1n) is 9.38. The first kappa shape index (κ1) is 18.9. The van der Waals surface area contributed by atoms with Crippen LogP contribution >= 0.6 is 0 Å². The molecule has 23 heavy (non-hydrogen) atoms. The summed E-state index contributed by atoms with van der Waals surface area (Å²) >= 11 is 0. The van der Waals surface area contributed by atoms with Gasteiger partial charge in [-0.3, -0.25) is 4.79 Å². The van der Waals surface area contributed by atoms with Crippen molar-refractivity contribution < 1.29 is 15.0 Å². The second-order valence-corrected chi connectivity index (χ2v) is 9.32. The maximum absolute atomic E-state index is 12.3. The van der Waals surface area contributed by atoms with Gasteiger partial charge >= 0.3 is 0 Å². The maximum Gasteiger partial charge on any atom is 0.133 e. The van der Waals surface area contributed by atoms with Crippen molar-refractivity contribution in [1.29, 1.82) is 0 Å². The third-order valence-electron chi connectivity index (χ3n) is 7.91. The number of hydrogen-bond acceptors (Lipinski definition) is 3. The molecule has 0 bridgehead atoms. The molecule has 7 atom stereocenters. The fourth-order valence-corrected chi connectivity index (χ4v) is 5.29. The van der Waals surface area contributed by atoms with Gasteiger partial charge in [0.05, 0.1) is 11.7 Å². The molecule has 0 aromatic rings. The predicted octanol–water partition coefficient (Wildman–Crippen LogP) is 3.96. The normalized spacial score (nSPS) is 47.0. The molecule has 7 unspecified atom stereocenters. The molecule has 0 saturated heterocycles. The van der Waals surface area contributed by atoms with E-state index in [1.165, 1.54) is 0 Å². The first-order valence-corrected chi connectivity index (χ1v) is 9.38. The number of carbonyl (C=O) groups excluding carboxylic acids is 1. The van der Waals surface area contributed by atoms with Crippen molar-refractivity contribution in [3.05, 3.63) is 0 Å². The van der Waals surface area contributed by atoms with E-state index in [-0.39, 0.29) is 22.9 Å². The number of ketones is 1. The third kappa shape index (κ3) is 3.24. The monoisotopic (exact) mass is 324 g/mol. The number of aliphatic hydroxyl groups is 2. The minimum atomic E-state index is -0.661. The Balaban J connectivity index is 2.35. The number of carbonyl (C=O) groups is 1. The summed E-state index contributed by atoms with van der Waals surface area (Å²) in [6.07, 6.45) is 4.10. The Bertz CT molecular complexity index is 458. The minimum absolute atomic E-state index is 0.0205. The quantitative estimate of drug-likeness (QED) is 0.823. The highest BCUT2D eigenvalue weighted by molar-refractivity contribution is 5.80. The lowest BCUT2D eigenvalue weighted by Gasteiger charge is -2.61. The van der Waals surface area contributed by atoms with E-state index in [2.05, 4.69) is 27.7 Å². The Morgan fingerprint density at radius 3 is 2.43 bits per heavy atom. The summed E-state index contributed by atoms with van der Waals surface area (Å²) in [4.78, 5) is 12.3. The number of Topliss-reactive ketones (excluding diaryl/α,β-unsaturated/α-hetero) is 1. The molecule has 2 N–H and O–H groups in total. The van der Waals surface area contributed by atoms with Crippen LogP contribution in [0.5, 0.6) is 0 Å². The van der Waals surface area contributed by atoms with Gasteiger partial charge in [0.25, 0.3) is 0 Å². The van der Waals surface area contributed by atoms with Crippen molar-refractivity contribution in [2.75, 3.05) is 0 Å². The maximum atomic E-state index is 12.3. The highest BCUT2D eigenvalue weighted by Crippen LogP contribution is 2.62. The summed E-state index contributed by atoms with van der Waals surface area (Å²) < 4.78 is 0. The van der Waals surface area contributed by atoms with Crippen LogP contribution in [0.3, 0.4) is 0 Å². The van der Waals surface area contributed by atoms with Crippen LogP contribution in [0.4, 0.5) is 0 Å². The van der Waals surface area contributed by atoms with Crippen LogP contribution < -0.4 is 0 Å². The van der Waals surface area contributed by atoms with E-state index in [1.54, 1.807) is 0 Å². The molecule has 2 aliphatic carbocycles. The molecule has 0 amide bonds. The number of hydrogen-bond donors (Lipinski definition) is 2. The van der Waals surface area contributed by atoms with Crippen LogP contribution in [0.15, 0.2) is 0 Å². The van der Waals surface area contributed by atoms with Crippen molar-refractivity contribution in [2.24, 2.45) is 28.6 Å². The van der Waals surface area contributed by atoms with Crippen molar-refractivity contribution in [3.8, 4) is 0 Å². The molecule has 2 saturated carbocycles. The molecule has 3 nitrogen and oxygen atoms in total. The molecule has 0 heterocycles. The molecule has 0 spiro atoms. The van der Waals surface area contributed by atoms with Crippen LogP contribution in [-0.4, -0.2) is 27.7 Å². The minimum Gasteiger partial charge on any atom is -0.393 e. The van der Waals surface area contributed by atoms with E-state index in [0.29, 0.717) is 30.5 Å². The second-order valence-electron chi connectivity index (χ2n) is 9.32. The Labute approximate surface area is 141 Å². The van der Waals surface area contributed by atoms with Crippen LogP contribution in [0.1, 0.15) is 80.1 Å². The van der Waals surface area contributed by atoms with E-state index < -0.39 is 5.60 Å². The van der Waals surface area contributed by atoms with Crippen molar-refractivity contribution in [3.63, 3.8) is 0 Å². The van der Waals surface area contributed by atoms with Crippen molar-refractivity contribution in [2.45, 2.75) is 91.8 Å². The zero-order valence-corrected chi connectivity index (χ0v) is 15.9. The van der Waals surface area contributed by atoms with Gasteiger partial charge in [-0.1, -0.05) is 34.6 Å². The standard InChI is InChI=1S/C20H36O3/c1-7-18(4,23)8-9-19(5)14(3)16(22)12-20(6)13(2)10-15(21)11-17(19)20/h13-14,16-17,22-23H,7-12H2,1-6H3. The molecule has 0 aromatic carbocycles. The third-order valence-corrected chi connectivity index (χ3v) is 7.91. The van der Waals surface area contributed by atoms with E-state index in [4.69, 9.17) is 0 Å². The summed E-state index contributed by atoms with van der Waals surface area (Å²) in [5, 5.41) is 21.2. The Hall–Kier alpha value is -0.410. The number of rotatable bonds is 4. The van der Waals surface area contributed by atoms with Crippen LogP contribution in [0.2, 0.25) is 0 Å². The Kier molecular flexibility index (Phi) is 5.06. The van der Waals surface area contributed by atoms with Gasteiger partial charge in [0, 0.05) is 12.8 Å². The van der Waals surface area contributed by atoms with Gasteiger partial charge in [0.15, 0.2) is 0 Å². The molecule has 2 rings (SSSR count). The van der Waals surface area contributed by atoms with E-state index in [1.807, 2.05) is 13.8 Å². The summed E-state index contributed by atoms with van der Waals surface area (Å²) in [6, 6.07) is 0. The molecular formula is C20H36O3. The summed E-state index contributed by atoms with van der Waals surface area (Å²) in [6.45, 7) is 12.7. The van der Waals surface area contributed by atoms with Crippen molar-refractivity contribution >= 4 is 5.78 Å². The van der Waals surface area contributed by atoms with Gasteiger partial charge in [0.1, 0.15) is 5.78 Å².